The van der Waals surface area contributed by atoms with Crippen molar-refractivity contribution in [2.45, 2.75) is 37.3 Å². The molecule has 3 unspecified atom stereocenters. The van der Waals surface area contributed by atoms with Crippen molar-refractivity contribution < 1.29 is 9.59 Å². The first-order chi connectivity index (χ1) is 11.2. The number of hydrogen-bond donors (Lipinski definition) is 2. The van der Waals surface area contributed by atoms with Gasteiger partial charge in [0.15, 0.2) is 10.0 Å². The summed E-state index contributed by atoms with van der Waals surface area (Å²) < 4.78 is 0. The number of hydrogen-bond acceptors (Lipinski definition) is 6. The Balaban J connectivity index is 1.51. The molecule has 0 radical (unpaired) electrons. The molecular weight excluding hydrogens is 332 g/mol. The fourth-order valence-electron chi connectivity index (χ4n) is 3.83. The molecule has 6 nitrogen and oxygen atoms in total. The number of nitrogens with zero attached hydrogens (tertiary/aromatic N) is 2. The molecule has 0 spiro atoms. The van der Waals surface area contributed by atoms with Gasteiger partial charge in [0.2, 0.25) is 0 Å². The minimum atomic E-state index is -0.347. The second-order valence-corrected chi connectivity index (χ2v) is 7.94. The Morgan fingerprint density at radius 2 is 1.83 bits per heavy atom. The molecule has 2 heterocycles. The van der Waals surface area contributed by atoms with Gasteiger partial charge in [0.1, 0.15) is 0 Å². The Morgan fingerprint density at radius 1 is 1.13 bits per heavy atom. The van der Waals surface area contributed by atoms with Gasteiger partial charge in [-0.25, -0.2) is 9.97 Å². The van der Waals surface area contributed by atoms with Gasteiger partial charge in [0.25, 0.3) is 11.8 Å². The first-order valence-electron chi connectivity index (χ1n) is 7.59. The average Bonchev–Trinajstić information content (AvgIpc) is 3.31. The first-order valence-corrected chi connectivity index (χ1v) is 9.34. The molecule has 2 amide bonds. The summed E-state index contributed by atoms with van der Waals surface area (Å²) in [5, 5.41) is 10.8. The number of aromatic nitrogens is 2. The summed E-state index contributed by atoms with van der Waals surface area (Å²) in [4.78, 5) is 32.9. The van der Waals surface area contributed by atoms with Gasteiger partial charge in [-0.15, -0.1) is 22.7 Å². The predicted octanol–water partition coefficient (Wildman–Crippen LogP) is 2.07. The van der Waals surface area contributed by atoms with Crippen LogP contribution in [-0.4, -0.2) is 33.4 Å². The zero-order chi connectivity index (χ0) is 15.9. The van der Waals surface area contributed by atoms with Crippen LogP contribution >= 0.6 is 22.7 Å². The third-order valence-electron chi connectivity index (χ3n) is 4.81. The number of carbonyl (C=O) groups excluding carboxylic acids is 2. The van der Waals surface area contributed by atoms with Crippen LogP contribution in [0.3, 0.4) is 0 Å². The van der Waals surface area contributed by atoms with E-state index in [9.17, 15) is 9.59 Å². The number of rotatable bonds is 4. The molecule has 0 aliphatic heterocycles. The van der Waals surface area contributed by atoms with Crippen LogP contribution in [0.15, 0.2) is 23.2 Å². The van der Waals surface area contributed by atoms with Gasteiger partial charge in [-0.05, 0) is 31.6 Å². The molecule has 2 aliphatic carbocycles. The first kappa shape index (κ1) is 14.8. The number of thiazole rings is 2. The largest absolute Gasteiger partial charge is 0.345 e. The van der Waals surface area contributed by atoms with Crippen molar-refractivity contribution in [3.8, 4) is 0 Å². The SMILES string of the molecule is O=C(NC1CC2CCC1(NC(=O)c1nccs1)C2)c1nccs1. The highest BCUT2D eigenvalue weighted by Gasteiger charge is 2.53. The van der Waals surface area contributed by atoms with E-state index in [-0.39, 0.29) is 23.4 Å². The maximum absolute atomic E-state index is 12.4. The summed E-state index contributed by atoms with van der Waals surface area (Å²) in [7, 11) is 0. The summed E-state index contributed by atoms with van der Waals surface area (Å²) >= 11 is 2.66. The third kappa shape index (κ3) is 2.66. The molecule has 3 atom stereocenters. The van der Waals surface area contributed by atoms with Gasteiger partial charge < -0.3 is 10.6 Å². The molecule has 0 aromatic carbocycles. The molecule has 4 rings (SSSR count). The minimum Gasteiger partial charge on any atom is -0.345 e. The predicted molar refractivity (Wildman–Crippen MR) is 87.6 cm³/mol. The van der Waals surface area contributed by atoms with Crippen molar-refractivity contribution in [2.75, 3.05) is 0 Å². The quantitative estimate of drug-likeness (QED) is 0.886. The fourth-order valence-corrected chi connectivity index (χ4v) is 4.89. The molecule has 2 aromatic heterocycles. The lowest BCUT2D eigenvalue weighted by Crippen LogP contribution is -2.59. The summed E-state index contributed by atoms with van der Waals surface area (Å²) in [5.74, 6) is 0.268. The minimum absolute atomic E-state index is 0.0402. The molecule has 2 fully saturated rings. The number of fused-ring (bicyclic) bond motifs is 2. The van der Waals surface area contributed by atoms with Crippen molar-refractivity contribution in [1.29, 1.82) is 0 Å². The second-order valence-electron chi connectivity index (χ2n) is 6.16. The van der Waals surface area contributed by atoms with Crippen molar-refractivity contribution in [2.24, 2.45) is 5.92 Å². The van der Waals surface area contributed by atoms with E-state index in [0.29, 0.717) is 15.9 Å². The smallest absolute Gasteiger partial charge is 0.280 e. The maximum Gasteiger partial charge on any atom is 0.280 e. The van der Waals surface area contributed by atoms with Crippen LogP contribution in [0.4, 0.5) is 0 Å². The molecule has 23 heavy (non-hydrogen) atoms. The number of nitrogens with one attached hydrogen (secondary N) is 2. The number of amides is 2. The summed E-state index contributed by atoms with van der Waals surface area (Å²) in [6.45, 7) is 0. The summed E-state index contributed by atoms with van der Waals surface area (Å²) in [6, 6.07) is -0.0402. The second kappa shape index (κ2) is 5.68. The summed E-state index contributed by atoms with van der Waals surface area (Å²) in [5.41, 5.74) is -0.347. The normalized spacial score (nSPS) is 28.7. The lowest BCUT2D eigenvalue weighted by atomic mass is 9.88. The van der Waals surface area contributed by atoms with Crippen molar-refractivity contribution in [1.82, 2.24) is 20.6 Å². The fraction of sp³-hybridized carbons (Fsp3) is 0.467. The summed E-state index contributed by atoms with van der Waals surface area (Å²) in [6.07, 6.45) is 7.09. The molecule has 2 bridgehead atoms. The van der Waals surface area contributed by atoms with Crippen molar-refractivity contribution >= 4 is 34.5 Å². The van der Waals surface area contributed by atoms with Crippen LogP contribution in [0, 0.1) is 5.92 Å². The molecule has 2 saturated carbocycles. The number of carbonyl (C=O) groups is 2. The van der Waals surface area contributed by atoms with Gasteiger partial charge in [0.05, 0.1) is 11.6 Å². The van der Waals surface area contributed by atoms with Gasteiger partial charge in [-0.2, -0.15) is 0 Å². The molecule has 2 aliphatic rings. The third-order valence-corrected chi connectivity index (χ3v) is 6.35. The Hall–Kier alpha value is -1.80. The molecule has 0 saturated heterocycles. The molecular formula is C15H16N4O2S2. The molecule has 120 valence electrons. The van der Waals surface area contributed by atoms with Crippen LogP contribution < -0.4 is 10.6 Å². The monoisotopic (exact) mass is 348 g/mol. The van der Waals surface area contributed by atoms with E-state index in [2.05, 4.69) is 20.6 Å². The zero-order valence-corrected chi connectivity index (χ0v) is 14.0. The van der Waals surface area contributed by atoms with Gasteiger partial charge in [-0.1, -0.05) is 0 Å². The van der Waals surface area contributed by atoms with E-state index in [4.69, 9.17) is 0 Å². The van der Waals surface area contributed by atoms with E-state index in [1.54, 1.807) is 23.2 Å². The lowest BCUT2D eigenvalue weighted by molar-refractivity contribution is 0.0830. The van der Waals surface area contributed by atoms with Crippen molar-refractivity contribution in [3.63, 3.8) is 0 Å². The Kier molecular flexibility index (Phi) is 3.65. The zero-order valence-electron chi connectivity index (χ0n) is 12.3. The van der Waals surface area contributed by atoms with Gasteiger partial charge in [-0.3, -0.25) is 9.59 Å². The Bertz CT molecular complexity index is 716. The highest BCUT2D eigenvalue weighted by Crippen LogP contribution is 2.48. The molecule has 2 aromatic rings. The van der Waals surface area contributed by atoms with Gasteiger partial charge >= 0.3 is 0 Å². The molecule has 2 N–H and O–H groups in total. The van der Waals surface area contributed by atoms with Crippen LogP contribution in [0.5, 0.6) is 0 Å². The van der Waals surface area contributed by atoms with E-state index in [1.807, 2.05) is 0 Å². The van der Waals surface area contributed by atoms with E-state index < -0.39 is 0 Å². The van der Waals surface area contributed by atoms with E-state index >= 15 is 0 Å². The van der Waals surface area contributed by atoms with Crippen molar-refractivity contribution in [3.05, 3.63) is 33.2 Å². The highest BCUT2D eigenvalue weighted by molar-refractivity contribution is 7.11. The average molecular weight is 348 g/mol. The van der Waals surface area contributed by atoms with Crippen LogP contribution in [0.1, 0.15) is 45.3 Å². The van der Waals surface area contributed by atoms with Crippen LogP contribution in [-0.2, 0) is 0 Å². The Morgan fingerprint density at radius 3 is 2.43 bits per heavy atom. The maximum atomic E-state index is 12.4. The van der Waals surface area contributed by atoms with Crippen LogP contribution in [0.25, 0.3) is 0 Å². The van der Waals surface area contributed by atoms with Gasteiger partial charge in [0, 0.05) is 23.2 Å². The van der Waals surface area contributed by atoms with Crippen LogP contribution in [0.2, 0.25) is 0 Å². The molecule has 8 heteroatoms. The highest BCUT2D eigenvalue weighted by atomic mass is 32.1. The van der Waals surface area contributed by atoms with E-state index in [1.165, 1.54) is 22.7 Å². The van der Waals surface area contributed by atoms with E-state index in [0.717, 1.165) is 25.7 Å². The standard InChI is InChI=1S/C15H16N4O2S2/c20-11(13-16-3-5-22-13)18-10-7-9-1-2-15(10,8-9)19-12(21)14-17-4-6-23-14/h3-6,9-10H,1-2,7-8H2,(H,18,20)(H,19,21). The Labute approximate surface area is 141 Å². The lowest BCUT2D eigenvalue weighted by Gasteiger charge is -2.36. The topological polar surface area (TPSA) is 84.0 Å².